The van der Waals surface area contributed by atoms with Crippen LogP contribution in [0.2, 0.25) is 0 Å². The normalized spacial score (nSPS) is 17.0. The SMILES string of the molecule is CCCCCN1C(=O)C(=O)/C(=C(\O)c2ccc(OCC)cc2OCC)C1c1ccc(OC)c(O)c1. The monoisotopic (exact) mass is 483 g/mol. The van der Waals surface area contributed by atoms with Gasteiger partial charge in [-0.3, -0.25) is 9.59 Å². The second-order valence-electron chi connectivity index (χ2n) is 8.15. The highest BCUT2D eigenvalue weighted by molar-refractivity contribution is 6.46. The first-order valence-electron chi connectivity index (χ1n) is 11.9. The number of nitrogens with zero attached hydrogens (tertiary/aromatic N) is 1. The van der Waals surface area contributed by atoms with Gasteiger partial charge >= 0.3 is 0 Å². The molecule has 0 bridgehead atoms. The first-order chi connectivity index (χ1) is 16.9. The highest BCUT2D eigenvalue weighted by Gasteiger charge is 2.46. The molecule has 0 radical (unpaired) electrons. The summed E-state index contributed by atoms with van der Waals surface area (Å²) in [6.45, 7) is 6.85. The topological polar surface area (TPSA) is 106 Å². The summed E-state index contributed by atoms with van der Waals surface area (Å²) in [5.41, 5.74) is 0.718. The van der Waals surface area contributed by atoms with E-state index in [4.69, 9.17) is 14.2 Å². The summed E-state index contributed by atoms with van der Waals surface area (Å²) in [6, 6.07) is 8.76. The minimum atomic E-state index is -0.871. The molecule has 2 aromatic carbocycles. The maximum absolute atomic E-state index is 13.2. The third-order valence-electron chi connectivity index (χ3n) is 5.88. The summed E-state index contributed by atoms with van der Waals surface area (Å²) < 4.78 is 16.4. The van der Waals surface area contributed by atoms with E-state index in [0.717, 1.165) is 12.8 Å². The van der Waals surface area contributed by atoms with Crippen molar-refractivity contribution in [1.82, 2.24) is 4.90 Å². The van der Waals surface area contributed by atoms with Crippen molar-refractivity contribution in [2.75, 3.05) is 26.9 Å². The van der Waals surface area contributed by atoms with Crippen molar-refractivity contribution in [3.8, 4) is 23.0 Å². The van der Waals surface area contributed by atoms with Crippen LogP contribution in [0.3, 0.4) is 0 Å². The fraction of sp³-hybridized carbons (Fsp3) is 0.407. The fourth-order valence-electron chi connectivity index (χ4n) is 4.24. The van der Waals surface area contributed by atoms with E-state index in [0.29, 0.717) is 43.2 Å². The summed E-state index contributed by atoms with van der Waals surface area (Å²) in [6.07, 6.45) is 2.54. The van der Waals surface area contributed by atoms with Gasteiger partial charge in [0.2, 0.25) is 0 Å². The zero-order valence-electron chi connectivity index (χ0n) is 20.7. The smallest absolute Gasteiger partial charge is 0.295 e. The first-order valence-corrected chi connectivity index (χ1v) is 11.9. The second kappa shape index (κ2) is 11.6. The number of aromatic hydroxyl groups is 1. The van der Waals surface area contributed by atoms with Crippen LogP contribution in [0.25, 0.3) is 5.76 Å². The van der Waals surface area contributed by atoms with Crippen molar-refractivity contribution in [2.45, 2.75) is 46.1 Å². The number of aliphatic hydroxyl groups excluding tert-OH is 1. The number of phenols is 1. The van der Waals surface area contributed by atoms with Crippen LogP contribution in [0.1, 0.15) is 57.2 Å². The fourth-order valence-corrected chi connectivity index (χ4v) is 4.24. The number of likely N-dealkylation sites (tertiary alicyclic amines) is 1. The molecule has 0 aromatic heterocycles. The number of ether oxygens (including phenoxy) is 3. The van der Waals surface area contributed by atoms with Gasteiger partial charge in [0.05, 0.1) is 37.5 Å². The molecule has 0 saturated carbocycles. The van der Waals surface area contributed by atoms with Crippen LogP contribution < -0.4 is 14.2 Å². The number of aliphatic hydroxyl groups is 1. The molecule has 1 fully saturated rings. The van der Waals surface area contributed by atoms with Crippen LogP contribution in [-0.4, -0.2) is 53.7 Å². The Morgan fingerprint density at radius 1 is 0.971 bits per heavy atom. The average Bonchev–Trinajstić information content (AvgIpc) is 3.09. The standard InChI is InChI=1S/C27H33NO7/c1-5-8-9-14-28-24(17-10-13-21(33-4)20(29)15-17)23(26(31)27(28)32)25(30)19-12-11-18(34-6-2)16-22(19)35-7-3/h10-13,15-16,24,29-30H,5-9,14H2,1-4H3/b25-23-. The first kappa shape index (κ1) is 25.9. The molecule has 1 amide bonds. The lowest BCUT2D eigenvalue weighted by molar-refractivity contribution is -0.139. The third kappa shape index (κ3) is 5.37. The van der Waals surface area contributed by atoms with Gasteiger partial charge in [-0.2, -0.15) is 0 Å². The molecule has 8 nitrogen and oxygen atoms in total. The van der Waals surface area contributed by atoms with Gasteiger partial charge in [0.1, 0.15) is 17.3 Å². The van der Waals surface area contributed by atoms with E-state index < -0.39 is 17.7 Å². The maximum Gasteiger partial charge on any atom is 0.295 e. The number of carbonyl (C=O) groups is 2. The van der Waals surface area contributed by atoms with Gasteiger partial charge in [-0.25, -0.2) is 0 Å². The number of benzene rings is 2. The summed E-state index contributed by atoms with van der Waals surface area (Å²) >= 11 is 0. The minimum Gasteiger partial charge on any atom is -0.507 e. The highest BCUT2D eigenvalue weighted by Crippen LogP contribution is 2.43. The van der Waals surface area contributed by atoms with E-state index in [1.165, 1.54) is 18.1 Å². The van der Waals surface area contributed by atoms with Crippen molar-refractivity contribution in [3.05, 3.63) is 53.1 Å². The number of hydrogen-bond donors (Lipinski definition) is 2. The summed E-state index contributed by atoms with van der Waals surface area (Å²) in [4.78, 5) is 27.8. The van der Waals surface area contributed by atoms with Gasteiger partial charge < -0.3 is 29.3 Å². The Labute approximate surface area is 205 Å². The molecule has 1 unspecified atom stereocenters. The van der Waals surface area contributed by atoms with Crippen molar-refractivity contribution < 1.29 is 34.0 Å². The van der Waals surface area contributed by atoms with Gasteiger partial charge in [0.15, 0.2) is 11.5 Å². The number of ketones is 1. The molecule has 0 aliphatic carbocycles. The quantitative estimate of drug-likeness (QED) is 0.204. The Morgan fingerprint density at radius 3 is 2.34 bits per heavy atom. The van der Waals surface area contributed by atoms with Crippen molar-refractivity contribution in [1.29, 1.82) is 0 Å². The Bertz CT molecular complexity index is 1110. The van der Waals surface area contributed by atoms with E-state index in [2.05, 4.69) is 0 Å². The van der Waals surface area contributed by atoms with E-state index in [-0.39, 0.29) is 28.4 Å². The number of rotatable bonds is 11. The molecule has 35 heavy (non-hydrogen) atoms. The molecule has 1 aliphatic heterocycles. The molecule has 8 heteroatoms. The number of amides is 1. The largest absolute Gasteiger partial charge is 0.507 e. The molecule has 2 aromatic rings. The zero-order chi connectivity index (χ0) is 25.5. The molecular weight excluding hydrogens is 450 g/mol. The highest BCUT2D eigenvalue weighted by atomic mass is 16.5. The molecule has 1 saturated heterocycles. The number of hydrogen-bond acceptors (Lipinski definition) is 7. The second-order valence-corrected chi connectivity index (χ2v) is 8.15. The Balaban J connectivity index is 2.18. The van der Waals surface area contributed by atoms with E-state index >= 15 is 0 Å². The summed E-state index contributed by atoms with van der Waals surface area (Å²) in [5, 5.41) is 21.8. The van der Waals surface area contributed by atoms with Gasteiger partial charge in [0.25, 0.3) is 11.7 Å². The van der Waals surface area contributed by atoms with E-state index in [1.807, 2.05) is 20.8 Å². The van der Waals surface area contributed by atoms with Crippen molar-refractivity contribution >= 4 is 17.4 Å². The molecule has 1 heterocycles. The molecule has 3 rings (SSSR count). The lowest BCUT2D eigenvalue weighted by atomic mass is 9.94. The molecular formula is C27H33NO7. The Kier molecular flexibility index (Phi) is 8.63. The van der Waals surface area contributed by atoms with Crippen LogP contribution >= 0.6 is 0 Å². The number of carbonyl (C=O) groups excluding carboxylic acids is 2. The van der Waals surface area contributed by atoms with Crippen LogP contribution in [-0.2, 0) is 9.59 Å². The van der Waals surface area contributed by atoms with Crippen LogP contribution in [0, 0.1) is 0 Å². The number of Topliss-reactive ketones (excluding diaryl/α,β-unsaturated/α-hetero) is 1. The van der Waals surface area contributed by atoms with Crippen molar-refractivity contribution in [3.63, 3.8) is 0 Å². The summed E-state index contributed by atoms with van der Waals surface area (Å²) in [7, 11) is 1.44. The average molecular weight is 484 g/mol. The Hall–Kier alpha value is -3.68. The van der Waals surface area contributed by atoms with Gasteiger partial charge in [-0.05, 0) is 50.1 Å². The zero-order valence-corrected chi connectivity index (χ0v) is 20.7. The van der Waals surface area contributed by atoms with Crippen molar-refractivity contribution in [2.24, 2.45) is 0 Å². The van der Waals surface area contributed by atoms with Gasteiger partial charge in [-0.15, -0.1) is 0 Å². The molecule has 0 spiro atoms. The van der Waals surface area contributed by atoms with Crippen LogP contribution in [0.15, 0.2) is 42.0 Å². The van der Waals surface area contributed by atoms with E-state index in [9.17, 15) is 19.8 Å². The molecule has 188 valence electrons. The maximum atomic E-state index is 13.2. The predicted octanol–water partition coefficient (Wildman–Crippen LogP) is 4.81. The Morgan fingerprint density at radius 2 is 1.71 bits per heavy atom. The van der Waals surface area contributed by atoms with Gasteiger partial charge in [-0.1, -0.05) is 25.8 Å². The van der Waals surface area contributed by atoms with Crippen LogP contribution in [0.4, 0.5) is 0 Å². The minimum absolute atomic E-state index is 0.0545. The number of methoxy groups -OCH3 is 1. The van der Waals surface area contributed by atoms with Gasteiger partial charge in [0, 0.05) is 12.6 Å². The lowest BCUT2D eigenvalue weighted by Gasteiger charge is -2.26. The number of phenolic OH excluding ortho intramolecular Hbond substituents is 1. The van der Waals surface area contributed by atoms with E-state index in [1.54, 1.807) is 30.3 Å². The molecule has 1 atom stereocenters. The molecule has 2 N–H and O–H groups in total. The summed E-state index contributed by atoms with van der Waals surface area (Å²) in [5.74, 6) is -0.772. The third-order valence-corrected chi connectivity index (χ3v) is 5.88. The molecule has 1 aliphatic rings. The number of unbranched alkanes of at least 4 members (excludes halogenated alkanes) is 2. The lowest BCUT2D eigenvalue weighted by Crippen LogP contribution is -2.30. The van der Waals surface area contributed by atoms with Crippen LogP contribution in [0.5, 0.6) is 23.0 Å². The predicted molar refractivity (Wildman–Crippen MR) is 132 cm³/mol.